The molecule has 0 aliphatic carbocycles. The highest BCUT2D eigenvalue weighted by molar-refractivity contribution is 5.76. The van der Waals surface area contributed by atoms with Gasteiger partial charge in [-0.2, -0.15) is 0 Å². The monoisotopic (exact) mass is 1050 g/mol. The van der Waals surface area contributed by atoms with E-state index in [1.54, 1.807) is 6.08 Å². The Morgan fingerprint density at radius 2 is 0.877 bits per heavy atom. The number of hydrogen-bond acceptors (Lipinski definition) is 18. The third kappa shape index (κ3) is 23.7. The fraction of sp³-hybridized carbons (Fsp3) is 0.870. The average molecular weight is 1050 g/mol. The van der Waals surface area contributed by atoms with Crippen molar-refractivity contribution >= 4 is 5.91 Å². The largest absolute Gasteiger partial charge is 0.394 e. The van der Waals surface area contributed by atoms with Gasteiger partial charge in [0.25, 0.3) is 0 Å². The van der Waals surface area contributed by atoms with Crippen LogP contribution in [0.2, 0.25) is 0 Å². The summed E-state index contributed by atoms with van der Waals surface area (Å²) >= 11 is 0. The summed E-state index contributed by atoms with van der Waals surface area (Å²) in [6.45, 7) is 1.65. The Balaban J connectivity index is 1.56. The molecule has 17 atom stereocenters. The van der Waals surface area contributed by atoms with Crippen molar-refractivity contribution in [1.82, 2.24) is 5.32 Å². The number of allylic oxidation sites excluding steroid dienone is 5. The first-order chi connectivity index (χ1) is 35.3. The van der Waals surface area contributed by atoms with Gasteiger partial charge in [0.2, 0.25) is 5.91 Å². The van der Waals surface area contributed by atoms with Gasteiger partial charge in [0, 0.05) is 6.42 Å². The number of nitrogens with one attached hydrogen (secondary N) is 1. The summed E-state index contributed by atoms with van der Waals surface area (Å²) < 4.78 is 34.1. The normalized spacial score (nSPS) is 32.0. The molecular formula is C54H97NO18. The van der Waals surface area contributed by atoms with Crippen molar-refractivity contribution in [3.05, 3.63) is 36.5 Å². The molecule has 3 aliphatic heterocycles. The predicted octanol–water partition coefficient (Wildman–Crippen LogP) is 3.37. The first-order valence-corrected chi connectivity index (χ1v) is 27.7. The summed E-state index contributed by atoms with van der Waals surface area (Å²) in [6, 6.07) is -0.991. The highest BCUT2D eigenvalue weighted by Crippen LogP contribution is 2.33. The molecule has 1 amide bonds. The fourth-order valence-electron chi connectivity index (χ4n) is 9.28. The van der Waals surface area contributed by atoms with Crippen LogP contribution in [-0.4, -0.2) is 193 Å². The van der Waals surface area contributed by atoms with E-state index < -0.39 is 124 Å². The minimum atomic E-state index is -1.98. The number of rotatable bonds is 39. The number of carbonyl (C=O) groups excluding carboxylic acids is 1. The molecule has 0 saturated carbocycles. The highest BCUT2D eigenvalue weighted by atomic mass is 16.8. The fourth-order valence-corrected chi connectivity index (χ4v) is 9.28. The molecule has 0 spiro atoms. The summed E-state index contributed by atoms with van der Waals surface area (Å²) in [5.41, 5.74) is 0. The number of aliphatic hydroxyl groups is 11. The zero-order valence-corrected chi connectivity index (χ0v) is 43.9. The van der Waals surface area contributed by atoms with E-state index in [1.807, 2.05) is 6.08 Å². The van der Waals surface area contributed by atoms with E-state index in [0.717, 1.165) is 44.9 Å². The number of unbranched alkanes of at least 4 members (excludes halogenated alkanes) is 19. The number of aliphatic hydroxyl groups excluding tert-OH is 11. The van der Waals surface area contributed by atoms with Gasteiger partial charge in [0.1, 0.15) is 73.2 Å². The molecule has 19 nitrogen and oxygen atoms in total. The highest BCUT2D eigenvalue weighted by Gasteiger charge is 2.53. The van der Waals surface area contributed by atoms with Crippen molar-refractivity contribution < 1.29 is 89.4 Å². The third-order valence-corrected chi connectivity index (χ3v) is 13.9. The van der Waals surface area contributed by atoms with Gasteiger partial charge in [-0.1, -0.05) is 153 Å². The second-order valence-electron chi connectivity index (χ2n) is 20.0. The lowest BCUT2D eigenvalue weighted by molar-refractivity contribution is -0.379. The van der Waals surface area contributed by atoms with E-state index >= 15 is 0 Å². The summed E-state index contributed by atoms with van der Waals surface area (Å²) in [7, 11) is 0. The van der Waals surface area contributed by atoms with E-state index in [0.29, 0.717) is 12.8 Å². The van der Waals surface area contributed by atoms with Crippen molar-refractivity contribution in [2.24, 2.45) is 0 Å². The summed E-state index contributed by atoms with van der Waals surface area (Å²) in [4.78, 5) is 13.2. The van der Waals surface area contributed by atoms with Crippen LogP contribution in [0, 0.1) is 0 Å². The summed E-state index contributed by atoms with van der Waals surface area (Å²) in [5, 5.41) is 120. The van der Waals surface area contributed by atoms with Crippen LogP contribution in [-0.2, 0) is 33.2 Å². The Bertz CT molecular complexity index is 1490. The van der Waals surface area contributed by atoms with Crippen molar-refractivity contribution in [1.29, 1.82) is 0 Å². The van der Waals surface area contributed by atoms with Crippen LogP contribution < -0.4 is 5.32 Å². The van der Waals surface area contributed by atoms with E-state index in [9.17, 15) is 61.0 Å². The van der Waals surface area contributed by atoms with Crippen LogP contribution in [0.5, 0.6) is 0 Å². The Morgan fingerprint density at radius 3 is 1.37 bits per heavy atom. The van der Waals surface area contributed by atoms with E-state index in [4.69, 9.17) is 28.4 Å². The maximum absolute atomic E-state index is 13.2. The lowest BCUT2D eigenvalue weighted by Gasteiger charge is -2.48. The Kier molecular flexibility index (Phi) is 34.5. The van der Waals surface area contributed by atoms with Gasteiger partial charge >= 0.3 is 0 Å². The lowest BCUT2D eigenvalue weighted by atomic mass is 9.96. The second-order valence-corrected chi connectivity index (χ2v) is 20.0. The van der Waals surface area contributed by atoms with E-state index in [-0.39, 0.29) is 18.9 Å². The molecule has 12 N–H and O–H groups in total. The topological polar surface area (TPSA) is 307 Å². The van der Waals surface area contributed by atoms with Gasteiger partial charge in [0.15, 0.2) is 18.9 Å². The first-order valence-electron chi connectivity index (χ1n) is 27.7. The lowest BCUT2D eigenvalue weighted by Crippen LogP contribution is -2.66. The molecule has 0 bridgehead atoms. The molecule has 3 fully saturated rings. The molecule has 3 aliphatic rings. The Hall–Kier alpha value is -1.99. The van der Waals surface area contributed by atoms with Crippen LogP contribution >= 0.6 is 0 Å². The molecule has 3 rings (SSSR count). The Labute approximate surface area is 434 Å². The average Bonchev–Trinajstić information content (AvgIpc) is 3.39. The molecule has 19 heteroatoms. The van der Waals surface area contributed by atoms with Gasteiger partial charge in [-0.05, 0) is 44.9 Å². The molecule has 3 saturated heterocycles. The van der Waals surface area contributed by atoms with Gasteiger partial charge in [0.05, 0.1) is 38.6 Å². The van der Waals surface area contributed by atoms with Crippen molar-refractivity contribution in [2.75, 3.05) is 26.4 Å². The molecule has 17 unspecified atom stereocenters. The van der Waals surface area contributed by atoms with Crippen molar-refractivity contribution in [3.63, 3.8) is 0 Å². The van der Waals surface area contributed by atoms with Crippen LogP contribution in [0.25, 0.3) is 0 Å². The smallest absolute Gasteiger partial charge is 0.220 e. The summed E-state index contributed by atoms with van der Waals surface area (Å²) in [5.74, 6) is -0.293. The van der Waals surface area contributed by atoms with Gasteiger partial charge in [-0.25, -0.2) is 0 Å². The van der Waals surface area contributed by atoms with Crippen molar-refractivity contribution in [3.8, 4) is 0 Å². The molecule has 0 aromatic heterocycles. The molecule has 426 valence electrons. The van der Waals surface area contributed by atoms with Gasteiger partial charge in [-0.3, -0.25) is 4.79 Å². The SMILES string of the molecule is CCCCCCCCC/C=C/CC/C=C/CC/C=C/C(O)C(COC1OC(CO)C(OC2OC(CO)C(OC3OC(CO)C(O)C(O)C3O)C(O)C2O)C(O)C1O)NC(=O)CCCCCCCCCCCCC. The minimum absolute atomic E-state index is 0.234. The number of carbonyl (C=O) groups is 1. The van der Waals surface area contributed by atoms with E-state index in [1.165, 1.54) is 89.9 Å². The molecular weight excluding hydrogens is 951 g/mol. The molecule has 73 heavy (non-hydrogen) atoms. The van der Waals surface area contributed by atoms with E-state index in [2.05, 4.69) is 43.5 Å². The third-order valence-electron chi connectivity index (χ3n) is 13.9. The maximum atomic E-state index is 13.2. The molecule has 0 radical (unpaired) electrons. The maximum Gasteiger partial charge on any atom is 0.220 e. The van der Waals surface area contributed by atoms with Crippen LogP contribution in [0.1, 0.15) is 168 Å². The summed E-state index contributed by atoms with van der Waals surface area (Å²) in [6.07, 6.45) is 11.4. The first kappa shape index (κ1) is 65.3. The standard InChI is InChI=1S/C54H97NO18/c1-3-5-7-9-11-13-15-16-17-18-19-20-22-23-25-27-29-31-38(59)37(55-42(60)32-30-28-26-24-21-14-12-10-8-6-4-2)36-68-52-48(66)45(63)50(40(34-57)70-52)73-54-49(67)46(64)51(41(35-58)71-54)72-53-47(65)44(62)43(61)39(33-56)69-53/h17-18,22-23,29,31,37-41,43-54,56-59,61-67H,3-16,19-21,24-28,30,32-36H2,1-2H3,(H,55,60)/b18-17+,23-22+,31-29+. The van der Waals surface area contributed by atoms with Gasteiger partial charge < -0.3 is 89.9 Å². The number of ether oxygens (including phenoxy) is 6. The van der Waals surface area contributed by atoms with Crippen molar-refractivity contribution in [2.45, 2.75) is 272 Å². The quantitative estimate of drug-likeness (QED) is 0.0310. The zero-order chi connectivity index (χ0) is 53.4. The predicted molar refractivity (Wildman–Crippen MR) is 272 cm³/mol. The molecule has 0 aromatic rings. The van der Waals surface area contributed by atoms with Crippen LogP contribution in [0.4, 0.5) is 0 Å². The molecule has 3 heterocycles. The van der Waals surface area contributed by atoms with Gasteiger partial charge in [-0.15, -0.1) is 0 Å². The van der Waals surface area contributed by atoms with Crippen LogP contribution in [0.3, 0.4) is 0 Å². The zero-order valence-electron chi connectivity index (χ0n) is 43.9. The second kappa shape index (κ2) is 38.5. The minimum Gasteiger partial charge on any atom is -0.394 e. The Morgan fingerprint density at radius 1 is 0.479 bits per heavy atom. The number of hydrogen-bond donors (Lipinski definition) is 12. The number of amides is 1. The molecule has 0 aromatic carbocycles. The van der Waals surface area contributed by atoms with Crippen LogP contribution in [0.15, 0.2) is 36.5 Å².